The van der Waals surface area contributed by atoms with E-state index in [1.807, 2.05) is 0 Å². The first-order chi connectivity index (χ1) is 12.4. The summed E-state index contributed by atoms with van der Waals surface area (Å²) in [6.45, 7) is 2.62. The van der Waals surface area contributed by atoms with Gasteiger partial charge in [-0.15, -0.1) is 0 Å². The molecule has 2 aromatic rings. The van der Waals surface area contributed by atoms with Crippen molar-refractivity contribution in [1.82, 2.24) is 9.97 Å². The molecule has 0 radical (unpaired) electrons. The van der Waals surface area contributed by atoms with Gasteiger partial charge in [0.25, 0.3) is 0 Å². The number of aliphatic hydroxyl groups is 1. The number of alkyl halides is 6. The number of halogens is 6. The molecule has 0 aliphatic carbocycles. The van der Waals surface area contributed by atoms with Crippen LogP contribution in [0, 0.1) is 6.92 Å². The molecule has 1 atom stereocenters. The van der Waals surface area contributed by atoms with Gasteiger partial charge in [-0.25, -0.2) is 4.98 Å². The van der Waals surface area contributed by atoms with Gasteiger partial charge < -0.3 is 15.7 Å². The van der Waals surface area contributed by atoms with E-state index in [0.29, 0.717) is 11.6 Å². The van der Waals surface area contributed by atoms with Crippen LogP contribution in [0.3, 0.4) is 0 Å². The molecular formula is C16H16F6N4O. The van der Waals surface area contributed by atoms with Gasteiger partial charge in [0, 0.05) is 17.8 Å². The smallest absolute Gasteiger partial charge is 0.394 e. The van der Waals surface area contributed by atoms with Crippen molar-refractivity contribution in [3.63, 3.8) is 0 Å². The third-order valence-electron chi connectivity index (χ3n) is 3.49. The third-order valence-corrected chi connectivity index (χ3v) is 3.49. The zero-order valence-corrected chi connectivity index (χ0v) is 14.2. The third kappa shape index (κ3) is 5.46. The van der Waals surface area contributed by atoms with Crippen molar-refractivity contribution in [3.05, 3.63) is 41.1 Å². The van der Waals surface area contributed by atoms with Crippen molar-refractivity contribution in [3.8, 4) is 0 Å². The molecule has 2 rings (SSSR count). The van der Waals surface area contributed by atoms with E-state index in [4.69, 9.17) is 5.11 Å². The van der Waals surface area contributed by atoms with Crippen LogP contribution in [0.1, 0.15) is 23.7 Å². The Bertz CT molecular complexity index is 806. The lowest BCUT2D eigenvalue weighted by Crippen LogP contribution is -2.22. The van der Waals surface area contributed by atoms with Gasteiger partial charge in [-0.05, 0) is 31.5 Å². The second-order valence-corrected chi connectivity index (χ2v) is 5.84. The molecule has 148 valence electrons. The number of nitrogens with one attached hydrogen (secondary N) is 2. The minimum atomic E-state index is -4.79. The Hall–Kier alpha value is -2.56. The zero-order valence-electron chi connectivity index (χ0n) is 14.2. The Kier molecular flexibility index (Phi) is 5.83. The number of anilines is 3. The molecule has 3 N–H and O–H groups in total. The van der Waals surface area contributed by atoms with Crippen LogP contribution in [-0.2, 0) is 12.4 Å². The predicted octanol–water partition coefficient (Wildman–Crippen LogP) is 4.36. The molecule has 0 saturated carbocycles. The molecule has 27 heavy (non-hydrogen) atoms. The summed E-state index contributed by atoms with van der Waals surface area (Å²) in [6.07, 6.45) is -9.39. The van der Waals surface area contributed by atoms with Gasteiger partial charge in [-0.3, -0.25) is 0 Å². The van der Waals surface area contributed by atoms with Crippen molar-refractivity contribution in [2.24, 2.45) is 0 Å². The normalized spacial score (nSPS) is 13.4. The first kappa shape index (κ1) is 20.7. The molecule has 1 aromatic heterocycles. The van der Waals surface area contributed by atoms with Gasteiger partial charge in [-0.1, -0.05) is 6.07 Å². The number of nitrogens with zero attached hydrogens (tertiary/aromatic N) is 2. The molecular weight excluding hydrogens is 378 g/mol. The lowest BCUT2D eigenvalue weighted by molar-refractivity contribution is -0.141. The summed E-state index contributed by atoms with van der Waals surface area (Å²) >= 11 is 0. The van der Waals surface area contributed by atoms with Gasteiger partial charge >= 0.3 is 12.4 Å². The van der Waals surface area contributed by atoms with E-state index in [1.54, 1.807) is 0 Å². The second-order valence-electron chi connectivity index (χ2n) is 5.84. The number of hydrogen-bond acceptors (Lipinski definition) is 5. The quantitative estimate of drug-likeness (QED) is 0.658. The maximum absolute atomic E-state index is 13.1. The van der Waals surface area contributed by atoms with Crippen molar-refractivity contribution in [2.45, 2.75) is 32.2 Å². The average molecular weight is 394 g/mol. The molecule has 0 bridgehead atoms. The molecule has 11 heteroatoms. The summed E-state index contributed by atoms with van der Waals surface area (Å²) in [4.78, 5) is 7.17. The molecule has 0 aliphatic rings. The van der Waals surface area contributed by atoms with Gasteiger partial charge in [0.1, 0.15) is 5.82 Å². The van der Waals surface area contributed by atoms with Gasteiger partial charge in [0.2, 0.25) is 5.95 Å². The van der Waals surface area contributed by atoms with Crippen molar-refractivity contribution in [2.75, 3.05) is 17.2 Å². The Balaban J connectivity index is 2.44. The van der Waals surface area contributed by atoms with Gasteiger partial charge in [-0.2, -0.15) is 31.3 Å². The monoisotopic (exact) mass is 394 g/mol. The van der Waals surface area contributed by atoms with Gasteiger partial charge in [0.05, 0.1) is 12.2 Å². The summed E-state index contributed by atoms with van der Waals surface area (Å²) in [5, 5.41) is 14.0. The van der Waals surface area contributed by atoms with E-state index in [9.17, 15) is 26.3 Å². The van der Waals surface area contributed by atoms with Crippen molar-refractivity contribution >= 4 is 17.5 Å². The molecule has 0 saturated heterocycles. The number of aliphatic hydroxyl groups excluding tert-OH is 1. The molecule has 0 amide bonds. The Labute approximate surface area is 150 Å². The topological polar surface area (TPSA) is 70.1 Å². The fraction of sp³-hybridized carbons (Fsp3) is 0.375. The maximum Gasteiger partial charge on any atom is 0.433 e. The van der Waals surface area contributed by atoms with Crippen LogP contribution in [0.2, 0.25) is 0 Å². The minimum absolute atomic E-state index is 0.0437. The van der Waals surface area contributed by atoms with Crippen LogP contribution in [0.15, 0.2) is 24.3 Å². The summed E-state index contributed by atoms with van der Waals surface area (Å²) in [5.74, 6) is -0.758. The van der Waals surface area contributed by atoms with E-state index in [1.165, 1.54) is 19.9 Å². The predicted molar refractivity (Wildman–Crippen MR) is 86.7 cm³/mol. The highest BCUT2D eigenvalue weighted by Gasteiger charge is 2.34. The Morgan fingerprint density at radius 3 is 2.26 bits per heavy atom. The fourth-order valence-corrected chi connectivity index (χ4v) is 2.06. The summed E-state index contributed by atoms with van der Waals surface area (Å²) in [6, 6.07) is 2.82. The summed E-state index contributed by atoms with van der Waals surface area (Å²) in [7, 11) is 0. The number of benzene rings is 1. The van der Waals surface area contributed by atoms with Crippen LogP contribution < -0.4 is 10.6 Å². The second kappa shape index (κ2) is 7.59. The highest BCUT2D eigenvalue weighted by atomic mass is 19.4. The van der Waals surface area contributed by atoms with E-state index in [-0.39, 0.29) is 18.1 Å². The summed E-state index contributed by atoms with van der Waals surface area (Å²) < 4.78 is 77.8. The largest absolute Gasteiger partial charge is 0.433 e. The summed E-state index contributed by atoms with van der Waals surface area (Å²) in [5.41, 5.74) is -1.89. The first-order valence-corrected chi connectivity index (χ1v) is 7.68. The molecule has 1 heterocycles. The number of hydrogen-bond donors (Lipinski definition) is 3. The first-order valence-electron chi connectivity index (χ1n) is 7.68. The van der Waals surface area contributed by atoms with Crippen LogP contribution in [0.5, 0.6) is 0 Å². The minimum Gasteiger partial charge on any atom is -0.394 e. The van der Waals surface area contributed by atoms with Gasteiger partial charge in [0.15, 0.2) is 5.69 Å². The Morgan fingerprint density at radius 1 is 1.04 bits per heavy atom. The highest BCUT2D eigenvalue weighted by molar-refractivity contribution is 5.62. The molecule has 0 spiro atoms. The molecule has 0 aliphatic heterocycles. The van der Waals surface area contributed by atoms with Crippen LogP contribution in [0.4, 0.5) is 43.8 Å². The van der Waals surface area contributed by atoms with E-state index in [0.717, 1.165) is 12.1 Å². The Morgan fingerprint density at radius 2 is 1.70 bits per heavy atom. The molecule has 0 fully saturated rings. The number of aromatic nitrogens is 2. The number of rotatable bonds is 5. The van der Waals surface area contributed by atoms with Crippen molar-refractivity contribution < 1.29 is 31.4 Å². The lowest BCUT2D eigenvalue weighted by atomic mass is 10.1. The molecule has 5 nitrogen and oxygen atoms in total. The van der Waals surface area contributed by atoms with E-state index >= 15 is 0 Å². The highest BCUT2D eigenvalue weighted by Crippen LogP contribution is 2.34. The number of aryl methyl sites for hydroxylation is 1. The standard InChI is InChI=1S/C16H16F6N4O/c1-8-3-4-10(15(17,18)19)5-11(8)24-13-6-12(16(20,21)22)25-14(26-13)23-9(2)7-27/h3-6,9,27H,7H2,1-2H3,(H2,23,24,25,26)/t9-/m1/s1. The maximum atomic E-state index is 13.1. The fourth-order valence-electron chi connectivity index (χ4n) is 2.06. The van der Waals surface area contributed by atoms with Crippen LogP contribution in [-0.4, -0.2) is 27.7 Å². The van der Waals surface area contributed by atoms with Crippen LogP contribution in [0.25, 0.3) is 0 Å². The zero-order chi connectivity index (χ0) is 20.4. The average Bonchev–Trinajstić information content (AvgIpc) is 2.54. The van der Waals surface area contributed by atoms with E-state index in [2.05, 4.69) is 20.6 Å². The van der Waals surface area contributed by atoms with E-state index < -0.39 is 35.6 Å². The SMILES string of the molecule is Cc1ccc(C(F)(F)F)cc1Nc1cc(C(F)(F)F)nc(N[C@H](C)CO)n1. The lowest BCUT2D eigenvalue weighted by Gasteiger charge is -2.16. The molecule has 1 aromatic carbocycles. The van der Waals surface area contributed by atoms with Crippen molar-refractivity contribution in [1.29, 1.82) is 0 Å². The van der Waals surface area contributed by atoms with Crippen LogP contribution >= 0.6 is 0 Å². The molecule has 0 unspecified atom stereocenters.